The summed E-state index contributed by atoms with van der Waals surface area (Å²) in [6.07, 6.45) is 1.41. The van der Waals surface area contributed by atoms with Crippen LogP contribution in [0.5, 0.6) is 5.75 Å². The third-order valence-corrected chi connectivity index (χ3v) is 3.65. The summed E-state index contributed by atoms with van der Waals surface area (Å²) in [7, 11) is 0. The van der Waals surface area contributed by atoms with Crippen LogP contribution in [-0.2, 0) is 4.79 Å². The summed E-state index contributed by atoms with van der Waals surface area (Å²) in [5.41, 5.74) is 2.81. The number of fused-ring (bicyclic) bond motifs is 1. The van der Waals surface area contributed by atoms with Crippen LogP contribution in [-0.4, -0.2) is 23.6 Å². The normalized spacial score (nSPS) is 15.2. The number of amides is 2. The SMILES string of the molecule is CC1(C)Oc2ccc(C(=O)N/N=C/c3ccc(F)cc3)cc2NC1=O. The number of hydrogen-bond donors (Lipinski definition) is 2. The largest absolute Gasteiger partial charge is 0.476 e. The van der Waals surface area contributed by atoms with Gasteiger partial charge in [0.1, 0.15) is 11.6 Å². The summed E-state index contributed by atoms with van der Waals surface area (Å²) >= 11 is 0. The summed E-state index contributed by atoms with van der Waals surface area (Å²) in [6.45, 7) is 3.33. The molecule has 3 rings (SSSR count). The second-order valence-corrected chi connectivity index (χ2v) is 6.03. The van der Waals surface area contributed by atoms with E-state index in [0.29, 0.717) is 22.6 Å². The van der Waals surface area contributed by atoms with Gasteiger partial charge in [0.05, 0.1) is 11.9 Å². The van der Waals surface area contributed by atoms with Gasteiger partial charge in [-0.15, -0.1) is 0 Å². The van der Waals surface area contributed by atoms with Crippen LogP contribution in [0.25, 0.3) is 0 Å². The third kappa shape index (κ3) is 3.65. The lowest BCUT2D eigenvalue weighted by atomic mass is 10.0. The van der Waals surface area contributed by atoms with Crippen molar-refractivity contribution < 1.29 is 18.7 Å². The lowest BCUT2D eigenvalue weighted by Crippen LogP contribution is -2.45. The molecule has 2 N–H and O–H groups in total. The number of rotatable bonds is 3. The molecular formula is C18H16FN3O3. The van der Waals surface area contributed by atoms with E-state index in [1.807, 2.05) is 0 Å². The van der Waals surface area contributed by atoms with Crippen LogP contribution >= 0.6 is 0 Å². The van der Waals surface area contributed by atoms with Crippen LogP contribution in [0.4, 0.5) is 10.1 Å². The molecule has 6 nitrogen and oxygen atoms in total. The highest BCUT2D eigenvalue weighted by atomic mass is 19.1. The van der Waals surface area contributed by atoms with Crippen molar-refractivity contribution in [3.05, 3.63) is 59.4 Å². The van der Waals surface area contributed by atoms with Crippen LogP contribution in [0.2, 0.25) is 0 Å². The molecule has 0 radical (unpaired) electrons. The fourth-order valence-corrected chi connectivity index (χ4v) is 2.23. The molecule has 0 atom stereocenters. The number of nitrogens with one attached hydrogen (secondary N) is 2. The maximum absolute atomic E-state index is 12.8. The molecule has 128 valence electrons. The molecule has 0 bridgehead atoms. The fraction of sp³-hybridized carbons (Fsp3) is 0.167. The lowest BCUT2D eigenvalue weighted by molar-refractivity contribution is -0.129. The number of carbonyl (C=O) groups is 2. The molecule has 0 aromatic heterocycles. The van der Waals surface area contributed by atoms with Gasteiger partial charge in [-0.1, -0.05) is 12.1 Å². The van der Waals surface area contributed by atoms with Crippen LogP contribution in [0.1, 0.15) is 29.8 Å². The molecule has 0 unspecified atom stereocenters. The molecule has 2 amide bonds. The molecule has 0 saturated heterocycles. The van der Waals surface area contributed by atoms with E-state index < -0.39 is 11.5 Å². The Labute approximate surface area is 143 Å². The molecule has 1 aliphatic rings. The molecule has 1 heterocycles. The van der Waals surface area contributed by atoms with Gasteiger partial charge in [-0.05, 0) is 49.7 Å². The first kappa shape index (κ1) is 16.6. The molecule has 0 fully saturated rings. The van der Waals surface area contributed by atoms with Gasteiger partial charge in [-0.2, -0.15) is 5.10 Å². The highest BCUT2D eigenvalue weighted by molar-refractivity contribution is 6.02. The second kappa shape index (κ2) is 6.35. The molecule has 2 aromatic carbocycles. The number of hydrazone groups is 1. The average Bonchev–Trinajstić information content (AvgIpc) is 2.57. The van der Waals surface area contributed by atoms with Crippen molar-refractivity contribution in [2.75, 3.05) is 5.32 Å². The smallest absolute Gasteiger partial charge is 0.271 e. The molecule has 1 aliphatic heterocycles. The van der Waals surface area contributed by atoms with E-state index in [4.69, 9.17) is 4.74 Å². The summed E-state index contributed by atoms with van der Waals surface area (Å²) in [5.74, 6) is -0.578. The van der Waals surface area contributed by atoms with Crippen molar-refractivity contribution in [1.29, 1.82) is 0 Å². The zero-order valence-corrected chi connectivity index (χ0v) is 13.7. The Hall–Kier alpha value is -3.22. The number of carbonyl (C=O) groups excluding carboxylic acids is 2. The standard InChI is InChI=1S/C18H16FN3O3/c1-18(2)17(24)21-14-9-12(5-8-15(14)25-18)16(23)22-20-10-11-3-6-13(19)7-4-11/h3-10H,1-2H3,(H,21,24)(H,22,23)/b20-10+. The zero-order chi connectivity index (χ0) is 18.0. The Balaban J connectivity index is 1.70. The van der Waals surface area contributed by atoms with E-state index >= 15 is 0 Å². The summed E-state index contributed by atoms with van der Waals surface area (Å²) in [5, 5.41) is 6.55. The summed E-state index contributed by atoms with van der Waals surface area (Å²) in [6, 6.07) is 10.4. The van der Waals surface area contributed by atoms with Gasteiger partial charge in [0.2, 0.25) is 0 Å². The van der Waals surface area contributed by atoms with Crippen LogP contribution in [0, 0.1) is 5.82 Å². The van der Waals surface area contributed by atoms with Crippen molar-refractivity contribution in [3.8, 4) is 5.75 Å². The molecule has 25 heavy (non-hydrogen) atoms. The number of halogens is 1. The Morgan fingerprint density at radius 2 is 1.96 bits per heavy atom. The van der Waals surface area contributed by atoms with E-state index in [1.54, 1.807) is 38.1 Å². The maximum Gasteiger partial charge on any atom is 0.271 e. The Kier molecular flexibility index (Phi) is 4.22. The molecule has 7 heteroatoms. The van der Waals surface area contributed by atoms with Crippen molar-refractivity contribution in [3.63, 3.8) is 0 Å². The van der Waals surface area contributed by atoms with Crippen molar-refractivity contribution in [2.45, 2.75) is 19.4 Å². The third-order valence-electron chi connectivity index (χ3n) is 3.65. The Morgan fingerprint density at radius 1 is 1.24 bits per heavy atom. The van der Waals surface area contributed by atoms with Crippen LogP contribution in [0.3, 0.4) is 0 Å². The van der Waals surface area contributed by atoms with Crippen molar-refractivity contribution in [1.82, 2.24) is 5.43 Å². The van der Waals surface area contributed by atoms with Gasteiger partial charge in [0.15, 0.2) is 5.60 Å². The Morgan fingerprint density at radius 3 is 2.68 bits per heavy atom. The molecule has 2 aromatic rings. The van der Waals surface area contributed by atoms with E-state index in [1.165, 1.54) is 24.4 Å². The predicted octanol–water partition coefficient (Wildman–Crippen LogP) is 2.70. The van der Waals surface area contributed by atoms with Gasteiger partial charge in [-0.25, -0.2) is 9.82 Å². The molecule has 0 spiro atoms. The van der Waals surface area contributed by atoms with E-state index in [0.717, 1.165) is 0 Å². The van der Waals surface area contributed by atoms with Crippen molar-refractivity contribution >= 4 is 23.7 Å². The maximum atomic E-state index is 12.8. The second-order valence-electron chi connectivity index (χ2n) is 6.03. The summed E-state index contributed by atoms with van der Waals surface area (Å²) < 4.78 is 18.4. The minimum atomic E-state index is -0.962. The average molecular weight is 341 g/mol. The quantitative estimate of drug-likeness (QED) is 0.665. The van der Waals surface area contributed by atoms with E-state index in [9.17, 15) is 14.0 Å². The predicted molar refractivity (Wildman–Crippen MR) is 91.2 cm³/mol. The van der Waals surface area contributed by atoms with Gasteiger partial charge in [-0.3, -0.25) is 9.59 Å². The molecule has 0 aliphatic carbocycles. The molecular weight excluding hydrogens is 325 g/mol. The molecule has 0 saturated carbocycles. The van der Waals surface area contributed by atoms with Crippen LogP contribution in [0.15, 0.2) is 47.6 Å². The van der Waals surface area contributed by atoms with Crippen LogP contribution < -0.4 is 15.5 Å². The topological polar surface area (TPSA) is 79.8 Å². The van der Waals surface area contributed by atoms with Gasteiger partial charge in [0, 0.05) is 5.56 Å². The first-order chi connectivity index (χ1) is 11.8. The minimum absolute atomic E-state index is 0.285. The Bertz CT molecular complexity index is 860. The highest BCUT2D eigenvalue weighted by Gasteiger charge is 2.35. The van der Waals surface area contributed by atoms with E-state index in [2.05, 4.69) is 15.8 Å². The summed E-state index contributed by atoms with van der Waals surface area (Å²) in [4.78, 5) is 24.1. The zero-order valence-electron chi connectivity index (χ0n) is 13.7. The van der Waals surface area contributed by atoms with Gasteiger partial charge >= 0.3 is 0 Å². The first-order valence-electron chi connectivity index (χ1n) is 7.59. The highest BCUT2D eigenvalue weighted by Crippen LogP contribution is 2.34. The fourth-order valence-electron chi connectivity index (χ4n) is 2.23. The number of ether oxygens (including phenoxy) is 1. The first-order valence-corrected chi connectivity index (χ1v) is 7.59. The number of nitrogens with zero attached hydrogens (tertiary/aromatic N) is 1. The monoisotopic (exact) mass is 341 g/mol. The number of anilines is 1. The van der Waals surface area contributed by atoms with Crippen molar-refractivity contribution in [2.24, 2.45) is 5.10 Å². The van der Waals surface area contributed by atoms with Gasteiger partial charge < -0.3 is 10.1 Å². The van der Waals surface area contributed by atoms with E-state index in [-0.39, 0.29) is 11.7 Å². The number of benzene rings is 2. The number of hydrogen-bond acceptors (Lipinski definition) is 4. The minimum Gasteiger partial charge on any atom is -0.476 e. The lowest BCUT2D eigenvalue weighted by Gasteiger charge is -2.31. The van der Waals surface area contributed by atoms with Gasteiger partial charge in [0.25, 0.3) is 11.8 Å².